The van der Waals surface area contributed by atoms with Crippen LogP contribution in [0.4, 0.5) is 5.13 Å². The maximum absolute atomic E-state index is 12.1. The van der Waals surface area contributed by atoms with Gasteiger partial charge in [0.1, 0.15) is 5.41 Å². The number of nitrogens with zero attached hydrogens (tertiary/aromatic N) is 2. The summed E-state index contributed by atoms with van der Waals surface area (Å²) in [6.07, 6.45) is 6.14. The van der Waals surface area contributed by atoms with Crippen LogP contribution in [-0.4, -0.2) is 24.1 Å². The lowest BCUT2D eigenvalue weighted by atomic mass is 9.69. The summed E-state index contributed by atoms with van der Waals surface area (Å²) < 4.78 is 5.35. The van der Waals surface area contributed by atoms with E-state index in [2.05, 4.69) is 16.4 Å². The van der Waals surface area contributed by atoms with E-state index in [0.29, 0.717) is 23.9 Å². The Morgan fingerprint density at radius 2 is 2.25 bits per heavy atom. The first-order valence-corrected chi connectivity index (χ1v) is 7.81. The predicted molar refractivity (Wildman–Crippen MR) is 75.4 cm³/mol. The standard InChI is InChI=1S/C14H17N3O2S/c15-9-14(4-1-5-14)12(18)17-13-16-8-11(20-13)10-2-6-19-7-3-10/h8,10H,1-7H2,(H,16,17,18). The summed E-state index contributed by atoms with van der Waals surface area (Å²) in [4.78, 5) is 17.6. The number of nitriles is 1. The van der Waals surface area contributed by atoms with E-state index in [0.717, 1.165) is 32.5 Å². The summed E-state index contributed by atoms with van der Waals surface area (Å²) >= 11 is 1.52. The molecule has 0 radical (unpaired) electrons. The van der Waals surface area contributed by atoms with E-state index in [4.69, 9.17) is 10.00 Å². The molecule has 1 amide bonds. The minimum absolute atomic E-state index is 0.195. The third-order valence-corrected chi connectivity index (χ3v) is 5.30. The van der Waals surface area contributed by atoms with Crippen LogP contribution in [0.15, 0.2) is 6.20 Å². The quantitative estimate of drug-likeness (QED) is 0.929. The topological polar surface area (TPSA) is 75.0 Å². The number of ether oxygens (including phenoxy) is 1. The molecule has 0 bridgehead atoms. The zero-order valence-corrected chi connectivity index (χ0v) is 12.0. The Balaban J connectivity index is 1.65. The molecule has 2 aliphatic rings. The monoisotopic (exact) mass is 291 g/mol. The van der Waals surface area contributed by atoms with Gasteiger partial charge >= 0.3 is 0 Å². The molecular formula is C14H17N3O2S. The number of thiazole rings is 1. The van der Waals surface area contributed by atoms with Gasteiger partial charge in [0.25, 0.3) is 0 Å². The number of amides is 1. The van der Waals surface area contributed by atoms with E-state index in [-0.39, 0.29) is 5.91 Å². The van der Waals surface area contributed by atoms with Crippen molar-refractivity contribution >= 4 is 22.4 Å². The molecule has 1 aliphatic carbocycles. The van der Waals surface area contributed by atoms with Gasteiger partial charge in [0.05, 0.1) is 6.07 Å². The van der Waals surface area contributed by atoms with Crippen molar-refractivity contribution in [2.45, 2.75) is 38.0 Å². The van der Waals surface area contributed by atoms with Crippen molar-refractivity contribution in [2.24, 2.45) is 5.41 Å². The molecule has 3 rings (SSSR count). The Kier molecular flexibility index (Phi) is 3.72. The highest BCUT2D eigenvalue weighted by atomic mass is 32.1. The number of anilines is 1. The number of carbonyl (C=O) groups excluding carboxylic acids is 1. The summed E-state index contributed by atoms with van der Waals surface area (Å²) in [7, 11) is 0. The summed E-state index contributed by atoms with van der Waals surface area (Å²) in [6, 6.07) is 2.15. The lowest BCUT2D eigenvalue weighted by Crippen LogP contribution is -2.40. The normalized spacial score (nSPS) is 21.8. The van der Waals surface area contributed by atoms with Crippen LogP contribution in [0, 0.1) is 16.7 Å². The van der Waals surface area contributed by atoms with Gasteiger partial charge in [0.15, 0.2) is 5.13 Å². The van der Waals surface area contributed by atoms with Crippen LogP contribution in [0.2, 0.25) is 0 Å². The second kappa shape index (κ2) is 5.51. The van der Waals surface area contributed by atoms with E-state index in [1.807, 2.05) is 6.20 Å². The molecule has 1 N–H and O–H groups in total. The van der Waals surface area contributed by atoms with Gasteiger partial charge < -0.3 is 10.1 Å². The predicted octanol–water partition coefficient (Wildman–Crippen LogP) is 2.67. The van der Waals surface area contributed by atoms with Crippen LogP contribution in [0.5, 0.6) is 0 Å². The number of nitrogens with one attached hydrogen (secondary N) is 1. The van der Waals surface area contributed by atoms with Gasteiger partial charge in [0.2, 0.25) is 5.91 Å². The molecule has 2 heterocycles. The molecule has 0 aromatic carbocycles. The third-order valence-electron chi connectivity index (χ3n) is 4.22. The second-order valence-corrected chi connectivity index (χ2v) is 6.52. The Labute approximate surface area is 122 Å². The Hall–Kier alpha value is -1.45. The molecule has 1 aromatic heterocycles. The fourth-order valence-corrected chi connectivity index (χ4v) is 3.63. The number of hydrogen-bond donors (Lipinski definition) is 1. The van der Waals surface area contributed by atoms with E-state index in [1.54, 1.807) is 0 Å². The first-order valence-electron chi connectivity index (χ1n) is 7.00. The minimum Gasteiger partial charge on any atom is -0.381 e. The third kappa shape index (κ3) is 2.43. The summed E-state index contributed by atoms with van der Waals surface area (Å²) in [5.74, 6) is 0.291. The first kappa shape index (κ1) is 13.5. The van der Waals surface area contributed by atoms with Gasteiger partial charge in [-0.25, -0.2) is 4.98 Å². The van der Waals surface area contributed by atoms with Crippen molar-refractivity contribution in [1.82, 2.24) is 4.98 Å². The van der Waals surface area contributed by atoms with Crippen LogP contribution in [0.25, 0.3) is 0 Å². The smallest absolute Gasteiger partial charge is 0.246 e. The summed E-state index contributed by atoms with van der Waals surface area (Å²) in [5.41, 5.74) is -0.815. The molecule has 6 heteroatoms. The highest BCUT2D eigenvalue weighted by Crippen LogP contribution is 2.41. The maximum Gasteiger partial charge on any atom is 0.246 e. The van der Waals surface area contributed by atoms with Crippen molar-refractivity contribution < 1.29 is 9.53 Å². The van der Waals surface area contributed by atoms with Crippen LogP contribution in [0.1, 0.15) is 42.9 Å². The number of carbonyl (C=O) groups is 1. The Bertz CT molecular complexity index is 539. The Morgan fingerprint density at radius 3 is 2.85 bits per heavy atom. The second-order valence-electron chi connectivity index (χ2n) is 5.46. The summed E-state index contributed by atoms with van der Waals surface area (Å²) in [6.45, 7) is 1.59. The van der Waals surface area contributed by atoms with Gasteiger partial charge in [-0.1, -0.05) is 0 Å². The SMILES string of the molecule is N#CC1(C(=O)Nc2ncc(C3CCOCC3)s2)CCC1. The Morgan fingerprint density at radius 1 is 1.50 bits per heavy atom. The van der Waals surface area contributed by atoms with Crippen LogP contribution < -0.4 is 5.32 Å². The fourth-order valence-electron chi connectivity index (χ4n) is 2.65. The molecule has 0 unspecified atom stereocenters. The van der Waals surface area contributed by atoms with E-state index in [9.17, 15) is 4.79 Å². The van der Waals surface area contributed by atoms with E-state index < -0.39 is 5.41 Å². The van der Waals surface area contributed by atoms with Crippen molar-refractivity contribution in [1.29, 1.82) is 5.26 Å². The molecule has 106 valence electrons. The molecule has 1 saturated heterocycles. The maximum atomic E-state index is 12.1. The molecule has 5 nitrogen and oxygen atoms in total. The molecular weight excluding hydrogens is 274 g/mol. The lowest BCUT2D eigenvalue weighted by molar-refractivity contribution is -0.126. The molecule has 0 spiro atoms. The highest BCUT2D eigenvalue weighted by Gasteiger charge is 2.44. The first-order chi connectivity index (χ1) is 9.73. The summed E-state index contributed by atoms with van der Waals surface area (Å²) in [5, 5.41) is 12.6. The molecule has 20 heavy (non-hydrogen) atoms. The van der Waals surface area contributed by atoms with Crippen LogP contribution >= 0.6 is 11.3 Å². The van der Waals surface area contributed by atoms with Gasteiger partial charge in [-0.2, -0.15) is 5.26 Å². The van der Waals surface area contributed by atoms with E-state index in [1.165, 1.54) is 16.2 Å². The number of hydrogen-bond acceptors (Lipinski definition) is 5. The van der Waals surface area contributed by atoms with Crippen LogP contribution in [-0.2, 0) is 9.53 Å². The van der Waals surface area contributed by atoms with Gasteiger partial charge in [-0.15, -0.1) is 11.3 Å². The van der Waals surface area contributed by atoms with Crippen molar-refractivity contribution in [3.05, 3.63) is 11.1 Å². The minimum atomic E-state index is -0.815. The molecule has 1 aliphatic heterocycles. The van der Waals surface area contributed by atoms with Gasteiger partial charge in [-0.05, 0) is 38.0 Å². The zero-order valence-electron chi connectivity index (χ0n) is 11.2. The van der Waals surface area contributed by atoms with Crippen molar-refractivity contribution in [3.8, 4) is 6.07 Å². The van der Waals surface area contributed by atoms with Crippen molar-refractivity contribution in [3.63, 3.8) is 0 Å². The molecule has 1 aromatic rings. The van der Waals surface area contributed by atoms with Gasteiger partial charge in [0, 0.05) is 24.3 Å². The number of aromatic nitrogens is 1. The largest absolute Gasteiger partial charge is 0.381 e. The zero-order chi connectivity index (χ0) is 14.0. The molecule has 0 atom stereocenters. The van der Waals surface area contributed by atoms with Crippen molar-refractivity contribution in [2.75, 3.05) is 18.5 Å². The average Bonchev–Trinajstić information content (AvgIpc) is 2.88. The highest BCUT2D eigenvalue weighted by molar-refractivity contribution is 7.15. The van der Waals surface area contributed by atoms with Crippen LogP contribution in [0.3, 0.4) is 0 Å². The average molecular weight is 291 g/mol. The number of rotatable bonds is 3. The molecule has 2 fully saturated rings. The fraction of sp³-hybridized carbons (Fsp3) is 0.643. The van der Waals surface area contributed by atoms with E-state index >= 15 is 0 Å². The lowest BCUT2D eigenvalue weighted by Gasteiger charge is -2.32. The molecule has 1 saturated carbocycles. The van der Waals surface area contributed by atoms with Gasteiger partial charge in [-0.3, -0.25) is 4.79 Å².